The van der Waals surface area contributed by atoms with Crippen LogP contribution in [0.2, 0.25) is 0 Å². The van der Waals surface area contributed by atoms with E-state index in [2.05, 4.69) is 31.0 Å². The minimum atomic E-state index is -0.0765. The lowest BCUT2D eigenvalue weighted by Crippen LogP contribution is -2.46. The van der Waals surface area contributed by atoms with E-state index in [9.17, 15) is 4.39 Å². The largest absolute Gasteiger partial charge is 0.316 e. The molecule has 3 heteroatoms. The summed E-state index contributed by atoms with van der Waals surface area (Å²) in [5.41, 5.74) is 0.831. The average molecular weight is 292 g/mol. The van der Waals surface area contributed by atoms with Crippen LogP contribution in [-0.4, -0.2) is 36.6 Å². The molecule has 1 aliphatic rings. The Labute approximate surface area is 128 Å². The molecule has 1 N–H and O–H groups in total. The summed E-state index contributed by atoms with van der Waals surface area (Å²) >= 11 is 0. The van der Waals surface area contributed by atoms with Gasteiger partial charge >= 0.3 is 0 Å². The highest BCUT2D eigenvalue weighted by Crippen LogP contribution is 2.19. The molecule has 0 aromatic heterocycles. The third-order valence-electron chi connectivity index (χ3n) is 4.57. The van der Waals surface area contributed by atoms with Gasteiger partial charge in [-0.3, -0.25) is 4.90 Å². The van der Waals surface area contributed by atoms with Gasteiger partial charge in [-0.1, -0.05) is 18.2 Å². The van der Waals surface area contributed by atoms with Gasteiger partial charge in [0.05, 0.1) is 0 Å². The van der Waals surface area contributed by atoms with Crippen molar-refractivity contribution in [3.05, 3.63) is 35.6 Å². The molecule has 0 aliphatic carbocycles. The van der Waals surface area contributed by atoms with Crippen molar-refractivity contribution in [3.63, 3.8) is 0 Å². The minimum absolute atomic E-state index is 0.0765. The number of rotatable bonds is 6. The molecule has 1 aromatic carbocycles. The first-order valence-electron chi connectivity index (χ1n) is 8.27. The van der Waals surface area contributed by atoms with Crippen molar-refractivity contribution in [2.75, 3.05) is 19.6 Å². The fraction of sp³-hybridized carbons (Fsp3) is 0.667. The Morgan fingerprint density at radius 2 is 2.05 bits per heavy atom. The molecule has 2 nitrogen and oxygen atoms in total. The van der Waals surface area contributed by atoms with E-state index in [0.29, 0.717) is 12.1 Å². The maximum atomic E-state index is 13.8. The molecular weight excluding hydrogens is 263 g/mol. The Hall–Kier alpha value is -0.930. The first kappa shape index (κ1) is 16.4. The van der Waals surface area contributed by atoms with Gasteiger partial charge in [-0.05, 0) is 70.7 Å². The summed E-state index contributed by atoms with van der Waals surface area (Å²) in [4.78, 5) is 2.53. The van der Waals surface area contributed by atoms with Crippen LogP contribution in [0.1, 0.15) is 39.2 Å². The van der Waals surface area contributed by atoms with E-state index in [-0.39, 0.29) is 5.82 Å². The van der Waals surface area contributed by atoms with Crippen LogP contribution < -0.4 is 5.32 Å². The van der Waals surface area contributed by atoms with Crippen molar-refractivity contribution in [3.8, 4) is 0 Å². The summed E-state index contributed by atoms with van der Waals surface area (Å²) in [6, 6.07) is 8.02. The molecule has 21 heavy (non-hydrogen) atoms. The lowest BCUT2D eigenvalue weighted by atomic mass is 9.96. The molecule has 2 atom stereocenters. The Morgan fingerprint density at radius 3 is 2.67 bits per heavy atom. The highest BCUT2D eigenvalue weighted by atomic mass is 19.1. The van der Waals surface area contributed by atoms with Gasteiger partial charge in [0, 0.05) is 18.6 Å². The zero-order chi connectivity index (χ0) is 15.2. The van der Waals surface area contributed by atoms with E-state index in [1.807, 2.05) is 12.1 Å². The van der Waals surface area contributed by atoms with Gasteiger partial charge in [-0.15, -0.1) is 0 Å². The highest BCUT2D eigenvalue weighted by molar-refractivity contribution is 5.18. The van der Waals surface area contributed by atoms with Crippen molar-refractivity contribution >= 4 is 0 Å². The summed E-state index contributed by atoms with van der Waals surface area (Å²) < 4.78 is 13.8. The Kier molecular flexibility index (Phi) is 6.19. The van der Waals surface area contributed by atoms with Crippen LogP contribution in [0.3, 0.4) is 0 Å². The molecule has 0 amide bonds. The summed E-state index contributed by atoms with van der Waals surface area (Å²) in [5.74, 6) is 0.650. The molecule has 0 saturated carbocycles. The number of hydrogen-bond acceptors (Lipinski definition) is 2. The fourth-order valence-electron chi connectivity index (χ4n) is 3.38. The second-order valence-corrected chi connectivity index (χ2v) is 6.65. The smallest absolute Gasteiger partial charge is 0.126 e. The van der Waals surface area contributed by atoms with Crippen molar-refractivity contribution < 1.29 is 4.39 Å². The summed E-state index contributed by atoms with van der Waals surface area (Å²) in [6.45, 7) is 10.1. The number of benzene rings is 1. The van der Waals surface area contributed by atoms with Crippen LogP contribution in [0.4, 0.5) is 4.39 Å². The average Bonchev–Trinajstić information content (AvgIpc) is 2.48. The van der Waals surface area contributed by atoms with Crippen LogP contribution in [0.5, 0.6) is 0 Å². The van der Waals surface area contributed by atoms with E-state index in [0.717, 1.165) is 37.5 Å². The Bertz CT molecular complexity index is 427. The normalized spacial score (nSPS) is 21.0. The number of nitrogens with zero attached hydrogens (tertiary/aromatic N) is 1. The maximum Gasteiger partial charge on any atom is 0.126 e. The van der Waals surface area contributed by atoms with E-state index >= 15 is 0 Å². The van der Waals surface area contributed by atoms with Gasteiger partial charge in [-0.2, -0.15) is 0 Å². The number of piperidine rings is 1. The summed E-state index contributed by atoms with van der Waals surface area (Å²) in [7, 11) is 0. The number of hydrogen-bond donors (Lipinski definition) is 1. The molecule has 0 spiro atoms. The first-order chi connectivity index (χ1) is 10.1. The second kappa shape index (κ2) is 7.90. The zero-order valence-corrected chi connectivity index (χ0v) is 13.6. The molecule has 0 bridgehead atoms. The predicted molar refractivity (Wildman–Crippen MR) is 87.0 cm³/mol. The van der Waals surface area contributed by atoms with Gasteiger partial charge < -0.3 is 5.32 Å². The molecule has 1 aromatic rings. The Balaban J connectivity index is 1.98. The van der Waals surface area contributed by atoms with Gasteiger partial charge in [0.2, 0.25) is 0 Å². The van der Waals surface area contributed by atoms with Gasteiger partial charge in [0.15, 0.2) is 0 Å². The molecule has 1 fully saturated rings. The van der Waals surface area contributed by atoms with Crippen molar-refractivity contribution in [1.82, 2.24) is 10.2 Å². The molecule has 0 radical (unpaired) electrons. The van der Waals surface area contributed by atoms with Crippen LogP contribution in [0, 0.1) is 11.7 Å². The second-order valence-electron chi connectivity index (χ2n) is 6.65. The molecule has 1 aliphatic heterocycles. The molecule has 2 unspecified atom stereocenters. The lowest BCUT2D eigenvalue weighted by molar-refractivity contribution is 0.125. The monoisotopic (exact) mass is 292 g/mol. The van der Waals surface area contributed by atoms with Crippen LogP contribution in [-0.2, 0) is 6.42 Å². The van der Waals surface area contributed by atoms with Crippen molar-refractivity contribution in [2.24, 2.45) is 5.92 Å². The summed E-state index contributed by atoms with van der Waals surface area (Å²) in [5, 5.41) is 3.49. The van der Waals surface area contributed by atoms with E-state index in [4.69, 9.17) is 0 Å². The topological polar surface area (TPSA) is 15.3 Å². The molecule has 118 valence electrons. The quantitative estimate of drug-likeness (QED) is 0.863. The van der Waals surface area contributed by atoms with Crippen molar-refractivity contribution in [2.45, 2.75) is 52.1 Å². The fourth-order valence-corrected chi connectivity index (χ4v) is 3.38. The van der Waals surface area contributed by atoms with E-state index < -0.39 is 0 Å². The Morgan fingerprint density at radius 1 is 1.29 bits per heavy atom. The number of halogens is 1. The third kappa shape index (κ3) is 4.79. The standard InChI is InChI=1S/C18H29FN2/c1-14(2)21(13-16-7-6-10-20-12-16)15(3)11-17-8-4-5-9-18(17)19/h4-5,8-9,14-16,20H,6-7,10-13H2,1-3H3. The van der Waals surface area contributed by atoms with Gasteiger partial charge in [0.25, 0.3) is 0 Å². The van der Waals surface area contributed by atoms with Crippen LogP contribution >= 0.6 is 0 Å². The first-order valence-corrected chi connectivity index (χ1v) is 8.27. The zero-order valence-electron chi connectivity index (χ0n) is 13.6. The third-order valence-corrected chi connectivity index (χ3v) is 4.57. The molecular formula is C18H29FN2. The lowest BCUT2D eigenvalue weighted by Gasteiger charge is -2.37. The van der Waals surface area contributed by atoms with Gasteiger partial charge in [-0.25, -0.2) is 4.39 Å². The van der Waals surface area contributed by atoms with Crippen LogP contribution in [0.15, 0.2) is 24.3 Å². The van der Waals surface area contributed by atoms with E-state index in [1.54, 1.807) is 12.1 Å². The van der Waals surface area contributed by atoms with Crippen LogP contribution in [0.25, 0.3) is 0 Å². The van der Waals surface area contributed by atoms with Crippen molar-refractivity contribution in [1.29, 1.82) is 0 Å². The highest BCUT2D eigenvalue weighted by Gasteiger charge is 2.23. The van der Waals surface area contributed by atoms with Gasteiger partial charge in [0.1, 0.15) is 5.82 Å². The van der Waals surface area contributed by atoms with E-state index in [1.165, 1.54) is 12.8 Å². The number of nitrogens with one attached hydrogen (secondary N) is 1. The predicted octanol–water partition coefficient (Wildman–Crippen LogP) is 3.47. The molecule has 2 rings (SSSR count). The maximum absolute atomic E-state index is 13.8. The molecule has 1 saturated heterocycles. The summed E-state index contributed by atoms with van der Waals surface area (Å²) in [6.07, 6.45) is 3.37. The minimum Gasteiger partial charge on any atom is -0.316 e. The molecule has 1 heterocycles. The SMILES string of the molecule is CC(C)N(CC1CCCNC1)C(C)Cc1ccccc1F.